The average Bonchev–Trinajstić information content (AvgIpc) is 3.37. The van der Waals surface area contributed by atoms with Gasteiger partial charge in [-0.25, -0.2) is 9.67 Å². The van der Waals surface area contributed by atoms with Crippen molar-refractivity contribution >= 4 is 23.2 Å². The number of rotatable bonds is 5. The molecule has 184 valence electrons. The molecule has 11 heteroatoms. The van der Waals surface area contributed by atoms with Crippen LogP contribution < -0.4 is 19.9 Å². The number of carbonyl (C=O) groups is 1. The fourth-order valence-electron chi connectivity index (χ4n) is 4.56. The number of anilines is 1. The number of carbonyl (C=O) groups excluding carboxylic acids is 1. The third kappa shape index (κ3) is 3.61. The van der Waals surface area contributed by atoms with Gasteiger partial charge >= 0.3 is 6.01 Å². The molecule has 1 aliphatic rings. The minimum Gasteiger partial charge on any atom is -0.479 e. The van der Waals surface area contributed by atoms with Gasteiger partial charge < -0.3 is 14.0 Å². The smallest absolute Gasteiger partial charge is 0.319 e. The second kappa shape index (κ2) is 8.80. The maximum absolute atomic E-state index is 14.1. The normalized spacial score (nSPS) is 14.8. The maximum atomic E-state index is 14.1. The number of amides is 1. The molecule has 0 aliphatic carbocycles. The van der Waals surface area contributed by atoms with E-state index in [1.54, 1.807) is 43.3 Å². The summed E-state index contributed by atoms with van der Waals surface area (Å²) in [4.78, 5) is 36.6. The number of aromatic nitrogens is 5. The van der Waals surface area contributed by atoms with Crippen LogP contribution in [0.25, 0.3) is 5.69 Å². The number of ether oxygens (including phenoxy) is 2. The lowest BCUT2D eigenvalue weighted by molar-refractivity contribution is 0.0986. The van der Waals surface area contributed by atoms with Crippen molar-refractivity contribution in [1.82, 2.24) is 24.3 Å². The van der Waals surface area contributed by atoms with Crippen LogP contribution in [-0.4, -0.2) is 44.4 Å². The first-order valence-corrected chi connectivity index (χ1v) is 11.4. The predicted molar refractivity (Wildman–Crippen MR) is 134 cm³/mol. The zero-order valence-electron chi connectivity index (χ0n) is 20.3. The molecule has 0 saturated carbocycles. The van der Waals surface area contributed by atoms with Gasteiger partial charge in [-0.05, 0) is 37.6 Å². The first-order chi connectivity index (χ1) is 17.2. The molecular weight excluding hydrogens is 484 g/mol. The van der Waals surface area contributed by atoms with Crippen molar-refractivity contribution in [2.24, 2.45) is 7.05 Å². The molecule has 5 rings (SSSR count). The number of halogens is 1. The fourth-order valence-corrected chi connectivity index (χ4v) is 4.69. The first kappa shape index (κ1) is 23.6. The van der Waals surface area contributed by atoms with E-state index in [4.69, 9.17) is 21.1 Å². The molecule has 0 N–H and O–H groups in total. The van der Waals surface area contributed by atoms with E-state index in [1.807, 2.05) is 19.1 Å². The van der Waals surface area contributed by atoms with Gasteiger partial charge in [0.15, 0.2) is 0 Å². The number of hydrogen-bond acceptors (Lipinski definition) is 7. The van der Waals surface area contributed by atoms with E-state index in [0.717, 1.165) is 11.1 Å². The highest BCUT2D eigenvalue weighted by Gasteiger charge is 2.44. The Kier molecular flexibility index (Phi) is 5.76. The van der Waals surface area contributed by atoms with Crippen molar-refractivity contribution in [3.63, 3.8) is 0 Å². The fraction of sp³-hybridized carbons (Fsp3) is 0.240. The molecule has 0 spiro atoms. The van der Waals surface area contributed by atoms with Gasteiger partial charge in [-0.15, -0.1) is 0 Å². The quantitative estimate of drug-likeness (QED) is 0.408. The molecular formula is C25H23ClN6O4. The molecule has 36 heavy (non-hydrogen) atoms. The Labute approximate surface area is 211 Å². The van der Waals surface area contributed by atoms with E-state index < -0.39 is 6.04 Å². The van der Waals surface area contributed by atoms with Crippen LogP contribution in [0.5, 0.6) is 11.9 Å². The topological polar surface area (TPSA) is 104 Å². The van der Waals surface area contributed by atoms with Crippen LogP contribution in [0.4, 0.5) is 5.69 Å². The Hall–Kier alpha value is -4.18. The van der Waals surface area contributed by atoms with Gasteiger partial charge in [0.05, 0.1) is 37.8 Å². The van der Waals surface area contributed by atoms with Crippen molar-refractivity contribution in [2.45, 2.75) is 19.9 Å². The summed E-state index contributed by atoms with van der Waals surface area (Å²) in [5, 5.41) is 5.26. The van der Waals surface area contributed by atoms with Crippen molar-refractivity contribution < 1.29 is 14.3 Å². The third-order valence-electron chi connectivity index (χ3n) is 6.19. The molecule has 0 saturated heterocycles. The number of fused-ring (bicyclic) bond motifs is 1. The minimum atomic E-state index is -0.499. The summed E-state index contributed by atoms with van der Waals surface area (Å²) in [6.07, 6.45) is 3.16. The van der Waals surface area contributed by atoms with E-state index >= 15 is 0 Å². The van der Waals surface area contributed by atoms with Gasteiger partial charge in [-0.3, -0.25) is 14.5 Å². The zero-order valence-corrected chi connectivity index (χ0v) is 21.1. The monoisotopic (exact) mass is 506 g/mol. The van der Waals surface area contributed by atoms with E-state index in [9.17, 15) is 9.59 Å². The van der Waals surface area contributed by atoms with Crippen LogP contribution in [0.2, 0.25) is 5.02 Å². The molecule has 0 fully saturated rings. The molecule has 1 atom stereocenters. The summed E-state index contributed by atoms with van der Waals surface area (Å²) in [7, 11) is 4.59. The molecule has 1 aromatic carbocycles. The van der Waals surface area contributed by atoms with Crippen molar-refractivity contribution in [3.8, 4) is 17.6 Å². The Morgan fingerprint density at radius 1 is 1.06 bits per heavy atom. The van der Waals surface area contributed by atoms with Gasteiger partial charge in [0.1, 0.15) is 11.4 Å². The van der Waals surface area contributed by atoms with E-state index in [-0.39, 0.29) is 23.4 Å². The molecule has 0 unspecified atom stereocenters. The molecule has 1 amide bonds. The summed E-state index contributed by atoms with van der Waals surface area (Å²) in [5.74, 6) is -0.0825. The number of methoxy groups -OCH3 is 2. The highest BCUT2D eigenvalue weighted by Crippen LogP contribution is 2.44. The Bertz CT molecular complexity index is 1530. The van der Waals surface area contributed by atoms with Gasteiger partial charge in [0, 0.05) is 29.4 Å². The number of nitrogens with zero attached hydrogens (tertiary/aromatic N) is 6. The van der Waals surface area contributed by atoms with Crippen LogP contribution >= 0.6 is 11.6 Å². The average molecular weight is 507 g/mol. The van der Waals surface area contributed by atoms with Crippen LogP contribution in [0, 0.1) is 13.8 Å². The number of benzene rings is 1. The highest BCUT2D eigenvalue weighted by molar-refractivity contribution is 6.30. The first-order valence-electron chi connectivity index (χ1n) is 11.1. The molecule has 1 aliphatic heterocycles. The summed E-state index contributed by atoms with van der Waals surface area (Å²) >= 11 is 6.16. The second-order valence-corrected chi connectivity index (χ2v) is 8.87. The molecule has 0 bridgehead atoms. The van der Waals surface area contributed by atoms with Crippen LogP contribution in [0.1, 0.15) is 38.9 Å². The van der Waals surface area contributed by atoms with Gasteiger partial charge in [-0.2, -0.15) is 10.1 Å². The minimum absolute atomic E-state index is 0.129. The molecule has 0 radical (unpaired) electrons. The molecule has 4 heterocycles. The number of hydrogen-bond donors (Lipinski definition) is 0. The van der Waals surface area contributed by atoms with Gasteiger partial charge in [0.2, 0.25) is 5.88 Å². The van der Waals surface area contributed by atoms with Crippen LogP contribution in [0.3, 0.4) is 0 Å². The Balaban J connectivity index is 1.77. The Morgan fingerprint density at radius 2 is 1.78 bits per heavy atom. The van der Waals surface area contributed by atoms with E-state index in [1.165, 1.54) is 29.7 Å². The third-order valence-corrected chi connectivity index (χ3v) is 6.44. The largest absolute Gasteiger partial charge is 0.479 e. The van der Waals surface area contributed by atoms with Crippen LogP contribution in [-0.2, 0) is 7.05 Å². The second-order valence-electron chi connectivity index (χ2n) is 8.44. The SMILES string of the molecule is COc1ncc(-n2nc(C)c3c2C(=O)N(c2cc(C)c(=O)n(C)c2)[C@@H]3c2ccc(Cl)cc2)c(OC)n1. The Morgan fingerprint density at radius 3 is 2.42 bits per heavy atom. The predicted octanol–water partition coefficient (Wildman–Crippen LogP) is 3.40. The lowest BCUT2D eigenvalue weighted by atomic mass is 9.99. The standard InChI is InChI=1S/C25H23ClN6O4/c1-13-10-17(12-30(3)23(13)33)31-20(15-6-8-16(26)9-7-15)19-14(2)29-32(21(19)24(31)34)18-11-27-25(36-5)28-22(18)35-4/h6-12,20H,1-5H3/t20-/m1/s1. The lowest BCUT2D eigenvalue weighted by Crippen LogP contribution is -2.32. The highest BCUT2D eigenvalue weighted by atomic mass is 35.5. The number of aryl methyl sites for hydroxylation is 3. The summed E-state index contributed by atoms with van der Waals surface area (Å²) in [6.45, 7) is 3.57. The maximum Gasteiger partial charge on any atom is 0.319 e. The van der Waals surface area contributed by atoms with Gasteiger partial charge in [0.25, 0.3) is 11.5 Å². The summed E-state index contributed by atoms with van der Waals surface area (Å²) < 4.78 is 13.5. The zero-order chi connectivity index (χ0) is 25.7. The van der Waals surface area contributed by atoms with Crippen LogP contribution in [0.15, 0.2) is 47.5 Å². The summed E-state index contributed by atoms with van der Waals surface area (Å²) in [5.41, 5.74) is 3.95. The molecule has 3 aromatic heterocycles. The van der Waals surface area contributed by atoms with E-state index in [0.29, 0.717) is 33.3 Å². The van der Waals surface area contributed by atoms with Crippen molar-refractivity contribution in [2.75, 3.05) is 19.1 Å². The molecule has 4 aromatic rings. The van der Waals surface area contributed by atoms with Crippen molar-refractivity contribution in [1.29, 1.82) is 0 Å². The van der Waals surface area contributed by atoms with Gasteiger partial charge in [-0.1, -0.05) is 23.7 Å². The van der Waals surface area contributed by atoms with Crippen molar-refractivity contribution in [3.05, 3.63) is 86.2 Å². The van der Waals surface area contributed by atoms with E-state index in [2.05, 4.69) is 15.1 Å². The number of pyridine rings is 1. The molecule has 10 nitrogen and oxygen atoms in total. The lowest BCUT2D eigenvalue weighted by Gasteiger charge is -2.27. The summed E-state index contributed by atoms with van der Waals surface area (Å²) in [6, 6.07) is 8.67.